The van der Waals surface area contributed by atoms with Gasteiger partial charge < -0.3 is 16.0 Å². The van der Waals surface area contributed by atoms with E-state index in [2.05, 4.69) is 42.9 Å². The van der Waals surface area contributed by atoms with Crippen molar-refractivity contribution >= 4 is 5.91 Å². The van der Waals surface area contributed by atoms with Gasteiger partial charge in [0.05, 0.1) is 0 Å². The van der Waals surface area contributed by atoms with Crippen LogP contribution in [0, 0.1) is 0 Å². The molecule has 1 amide bonds. The van der Waals surface area contributed by atoms with Gasteiger partial charge in [0.2, 0.25) is 5.91 Å². The molecule has 136 valence electrons. The lowest BCUT2D eigenvalue weighted by Gasteiger charge is -2.34. The van der Waals surface area contributed by atoms with Crippen LogP contribution in [-0.2, 0) is 4.79 Å². The van der Waals surface area contributed by atoms with E-state index in [1.807, 2.05) is 7.05 Å². The second-order valence-electron chi connectivity index (χ2n) is 6.43. The van der Waals surface area contributed by atoms with Crippen molar-refractivity contribution < 1.29 is 4.79 Å². The van der Waals surface area contributed by atoms with Crippen LogP contribution in [0.4, 0.5) is 0 Å². The van der Waals surface area contributed by atoms with Crippen LogP contribution in [0.15, 0.2) is 11.8 Å². The summed E-state index contributed by atoms with van der Waals surface area (Å²) in [5.74, 6) is 0.150. The topological polar surface area (TPSA) is 53.2 Å². The Morgan fingerprint density at radius 2 is 1.57 bits per heavy atom. The zero-order valence-electron chi connectivity index (χ0n) is 16.1. The van der Waals surface area contributed by atoms with Crippen LogP contribution in [0.2, 0.25) is 0 Å². The predicted molar refractivity (Wildman–Crippen MR) is 101 cm³/mol. The van der Waals surface area contributed by atoms with Crippen molar-refractivity contribution in [2.24, 2.45) is 0 Å². The minimum absolute atomic E-state index is 0.150. The number of allylic oxidation sites excluding steroid dienone is 2. The molecule has 0 aliphatic rings. The lowest BCUT2D eigenvalue weighted by atomic mass is 9.82. The van der Waals surface area contributed by atoms with E-state index in [4.69, 9.17) is 0 Å². The van der Waals surface area contributed by atoms with Gasteiger partial charge in [-0.05, 0) is 52.5 Å². The Labute approximate surface area is 143 Å². The van der Waals surface area contributed by atoms with Crippen molar-refractivity contribution in [3.05, 3.63) is 11.8 Å². The lowest BCUT2D eigenvalue weighted by Crippen LogP contribution is -2.43. The largest absolute Gasteiger partial charge is 0.392 e. The first kappa shape index (κ1) is 22.0. The minimum atomic E-state index is 0.150. The minimum Gasteiger partial charge on any atom is -0.392 e. The monoisotopic (exact) mass is 325 g/mol. The Kier molecular flexibility index (Phi) is 12.8. The second kappa shape index (κ2) is 13.4. The van der Waals surface area contributed by atoms with Crippen LogP contribution in [0.5, 0.6) is 0 Å². The fourth-order valence-corrected chi connectivity index (χ4v) is 3.17. The lowest BCUT2D eigenvalue weighted by molar-refractivity contribution is -0.120. The number of hydrogen-bond donors (Lipinski definition) is 3. The predicted octanol–water partition coefficient (Wildman–Crippen LogP) is 3.73. The summed E-state index contributed by atoms with van der Waals surface area (Å²) in [6.07, 6.45) is 13.3. The van der Waals surface area contributed by atoms with E-state index in [0.717, 1.165) is 19.3 Å². The van der Waals surface area contributed by atoms with Gasteiger partial charge in [-0.1, -0.05) is 32.3 Å². The van der Waals surface area contributed by atoms with Crippen molar-refractivity contribution in [2.45, 2.75) is 83.6 Å². The van der Waals surface area contributed by atoms with E-state index in [9.17, 15) is 4.79 Å². The summed E-state index contributed by atoms with van der Waals surface area (Å²) < 4.78 is 0. The number of nitrogens with one attached hydrogen (secondary N) is 3. The van der Waals surface area contributed by atoms with Crippen molar-refractivity contribution in [3.8, 4) is 0 Å². The highest BCUT2D eigenvalue weighted by molar-refractivity contribution is 5.75. The molecule has 0 aromatic carbocycles. The van der Waals surface area contributed by atoms with Crippen molar-refractivity contribution in [1.29, 1.82) is 0 Å². The summed E-state index contributed by atoms with van der Waals surface area (Å²) in [4.78, 5) is 11.5. The number of amides is 1. The number of carbonyl (C=O) groups is 1. The van der Waals surface area contributed by atoms with Crippen molar-refractivity contribution in [1.82, 2.24) is 16.0 Å². The van der Waals surface area contributed by atoms with Crippen LogP contribution >= 0.6 is 0 Å². The highest BCUT2D eigenvalue weighted by Gasteiger charge is 2.26. The van der Waals surface area contributed by atoms with Crippen LogP contribution in [0.25, 0.3) is 0 Å². The molecule has 3 N–H and O–H groups in total. The molecule has 0 aromatic heterocycles. The molecule has 1 unspecified atom stereocenters. The normalized spacial score (nSPS) is 14.4. The number of hydrogen-bond acceptors (Lipinski definition) is 3. The summed E-state index contributed by atoms with van der Waals surface area (Å²) in [6, 6.07) is 0. The number of carbonyl (C=O) groups excluding carboxylic acids is 1. The van der Waals surface area contributed by atoms with Gasteiger partial charge in [-0.25, -0.2) is 0 Å². The molecular formula is C19H39N3O. The molecule has 1 atom stereocenters. The summed E-state index contributed by atoms with van der Waals surface area (Å²) in [7, 11) is 5.79. The molecule has 0 radical (unpaired) electrons. The Balaban J connectivity index is 4.43. The van der Waals surface area contributed by atoms with Gasteiger partial charge in [0.15, 0.2) is 0 Å². The molecule has 0 aliphatic heterocycles. The molecule has 23 heavy (non-hydrogen) atoms. The summed E-state index contributed by atoms with van der Waals surface area (Å²) >= 11 is 0. The maximum absolute atomic E-state index is 11.5. The third kappa shape index (κ3) is 9.65. The highest BCUT2D eigenvalue weighted by atomic mass is 16.1. The molecule has 0 bridgehead atoms. The smallest absolute Gasteiger partial charge is 0.219 e. The average molecular weight is 326 g/mol. The highest BCUT2D eigenvalue weighted by Crippen LogP contribution is 2.27. The van der Waals surface area contributed by atoms with Crippen LogP contribution in [0.3, 0.4) is 0 Å². The summed E-state index contributed by atoms with van der Waals surface area (Å²) in [6.45, 7) is 4.33. The van der Waals surface area contributed by atoms with Gasteiger partial charge in [0, 0.05) is 31.8 Å². The van der Waals surface area contributed by atoms with Gasteiger partial charge >= 0.3 is 0 Å². The summed E-state index contributed by atoms with van der Waals surface area (Å²) in [5, 5.41) is 9.57. The molecule has 0 fully saturated rings. The van der Waals surface area contributed by atoms with E-state index in [1.54, 1.807) is 7.05 Å². The van der Waals surface area contributed by atoms with Gasteiger partial charge in [0.1, 0.15) is 0 Å². The standard InChI is InChI=1S/C19H39N3O/c1-6-8-14-19(22-5,16-11-13-18(23)21-4)15-10-9-12-17(7-2)20-3/h7,20,22H,6,8-16H2,1-5H3,(H,21,23)/b17-7+. The van der Waals surface area contributed by atoms with Gasteiger partial charge in [0.25, 0.3) is 0 Å². The first-order valence-electron chi connectivity index (χ1n) is 9.30. The molecule has 4 nitrogen and oxygen atoms in total. The van der Waals surface area contributed by atoms with Crippen molar-refractivity contribution in [2.75, 3.05) is 21.1 Å². The maximum atomic E-state index is 11.5. The van der Waals surface area contributed by atoms with Gasteiger partial charge in [-0.2, -0.15) is 0 Å². The molecule has 4 heteroatoms. The fourth-order valence-electron chi connectivity index (χ4n) is 3.17. The quantitative estimate of drug-likeness (QED) is 0.427. The Hall–Kier alpha value is -1.03. The Morgan fingerprint density at radius 3 is 2.09 bits per heavy atom. The van der Waals surface area contributed by atoms with Crippen molar-refractivity contribution in [3.63, 3.8) is 0 Å². The first-order valence-corrected chi connectivity index (χ1v) is 9.30. The maximum Gasteiger partial charge on any atom is 0.219 e. The van der Waals surface area contributed by atoms with E-state index in [0.29, 0.717) is 6.42 Å². The van der Waals surface area contributed by atoms with Crippen LogP contribution < -0.4 is 16.0 Å². The molecule has 0 saturated heterocycles. The number of unbranched alkanes of at least 4 members (excludes halogenated alkanes) is 2. The molecule has 0 spiro atoms. The van der Waals surface area contributed by atoms with E-state index < -0.39 is 0 Å². The van der Waals surface area contributed by atoms with E-state index >= 15 is 0 Å². The Morgan fingerprint density at radius 1 is 0.913 bits per heavy atom. The first-order chi connectivity index (χ1) is 11.1. The van der Waals surface area contributed by atoms with E-state index in [1.165, 1.54) is 44.2 Å². The Bertz CT molecular complexity index is 342. The molecule has 0 aromatic rings. The fraction of sp³-hybridized carbons (Fsp3) is 0.842. The average Bonchev–Trinajstić information content (AvgIpc) is 2.59. The summed E-state index contributed by atoms with van der Waals surface area (Å²) in [5.41, 5.74) is 1.52. The second-order valence-corrected chi connectivity index (χ2v) is 6.43. The third-order valence-electron chi connectivity index (χ3n) is 4.90. The SMILES string of the molecule is C/C=C(\CCCCC(CCCC)(CCCC(=O)NC)NC)NC. The van der Waals surface area contributed by atoms with Crippen LogP contribution in [-0.4, -0.2) is 32.6 Å². The van der Waals surface area contributed by atoms with Gasteiger partial charge in [-0.3, -0.25) is 4.79 Å². The third-order valence-corrected chi connectivity index (χ3v) is 4.90. The molecule has 0 rings (SSSR count). The molecule has 0 heterocycles. The molecular weight excluding hydrogens is 286 g/mol. The van der Waals surface area contributed by atoms with E-state index in [-0.39, 0.29) is 11.4 Å². The number of rotatable bonds is 14. The van der Waals surface area contributed by atoms with Crippen LogP contribution in [0.1, 0.15) is 78.1 Å². The zero-order valence-corrected chi connectivity index (χ0v) is 16.1. The molecule has 0 aliphatic carbocycles. The molecule has 0 saturated carbocycles. The zero-order chi connectivity index (χ0) is 17.6. The van der Waals surface area contributed by atoms with Gasteiger partial charge in [-0.15, -0.1) is 0 Å².